The molecule has 0 saturated heterocycles. The maximum absolute atomic E-state index is 12.1. The Morgan fingerprint density at radius 1 is 1.04 bits per heavy atom. The van der Waals surface area contributed by atoms with Gasteiger partial charge in [-0.1, -0.05) is 12.1 Å². The fourth-order valence-electron chi connectivity index (χ4n) is 2.05. The highest BCUT2D eigenvalue weighted by Gasteiger charge is 2.28. The molecule has 0 bridgehead atoms. The smallest absolute Gasteiger partial charge is 0.422 e. The van der Waals surface area contributed by atoms with Crippen molar-refractivity contribution in [3.8, 4) is 5.75 Å². The highest BCUT2D eigenvalue weighted by molar-refractivity contribution is 6.02. The Morgan fingerprint density at radius 3 is 2.22 bits per heavy atom. The molecule has 0 aliphatic carbocycles. The number of hydrogen-bond acceptors (Lipinski definition) is 3. The van der Waals surface area contributed by atoms with Gasteiger partial charge in [0, 0.05) is 24.4 Å². The van der Waals surface area contributed by atoms with Gasteiger partial charge in [-0.15, -0.1) is 0 Å². The van der Waals surface area contributed by atoms with Crippen molar-refractivity contribution in [1.29, 1.82) is 0 Å². The predicted octanol–water partition coefficient (Wildman–Crippen LogP) is 3.64. The third-order valence-corrected chi connectivity index (χ3v) is 3.35. The molecule has 5 nitrogen and oxygen atoms in total. The van der Waals surface area contributed by atoms with E-state index in [0.29, 0.717) is 11.3 Å². The summed E-state index contributed by atoms with van der Waals surface area (Å²) in [4.78, 5) is 23.4. The molecule has 0 radical (unpaired) electrons. The van der Waals surface area contributed by atoms with Crippen LogP contribution in [0.3, 0.4) is 0 Å². The molecule has 0 heterocycles. The normalized spacial score (nSPS) is 11.3. The summed E-state index contributed by atoms with van der Waals surface area (Å²) in [5.74, 6) is -0.558. The van der Waals surface area contributed by atoms with E-state index in [1.54, 1.807) is 30.3 Å². The van der Waals surface area contributed by atoms with Crippen molar-refractivity contribution in [2.45, 2.75) is 6.18 Å². The SMILES string of the molecule is CNC(=O)c1ccc(/C=C/C(=O)Nc2ccc(OCC(F)(F)F)cc2)cc1. The average molecular weight is 378 g/mol. The fraction of sp³-hybridized carbons (Fsp3) is 0.158. The summed E-state index contributed by atoms with van der Waals surface area (Å²) < 4.78 is 40.9. The highest BCUT2D eigenvalue weighted by atomic mass is 19.4. The average Bonchev–Trinajstić information content (AvgIpc) is 2.65. The number of nitrogens with one attached hydrogen (secondary N) is 2. The highest BCUT2D eigenvalue weighted by Crippen LogP contribution is 2.20. The number of amides is 2. The molecule has 0 spiro atoms. The van der Waals surface area contributed by atoms with E-state index in [1.807, 2.05) is 0 Å². The quantitative estimate of drug-likeness (QED) is 0.755. The number of benzene rings is 2. The first-order valence-electron chi connectivity index (χ1n) is 7.87. The summed E-state index contributed by atoms with van der Waals surface area (Å²) in [5.41, 5.74) is 1.65. The molecule has 2 aromatic carbocycles. The van der Waals surface area contributed by atoms with Crippen molar-refractivity contribution in [2.75, 3.05) is 19.0 Å². The molecule has 2 rings (SSSR count). The number of anilines is 1. The molecule has 2 amide bonds. The summed E-state index contributed by atoms with van der Waals surface area (Å²) in [6.45, 7) is -1.37. The predicted molar refractivity (Wildman–Crippen MR) is 95.5 cm³/mol. The minimum atomic E-state index is -4.41. The number of ether oxygens (including phenoxy) is 1. The molecule has 0 saturated carbocycles. The lowest BCUT2D eigenvalue weighted by Crippen LogP contribution is -2.19. The molecule has 27 heavy (non-hydrogen) atoms. The molecule has 142 valence electrons. The van der Waals surface area contributed by atoms with E-state index in [9.17, 15) is 22.8 Å². The number of hydrogen-bond donors (Lipinski definition) is 2. The van der Waals surface area contributed by atoms with Crippen LogP contribution in [0.15, 0.2) is 54.6 Å². The van der Waals surface area contributed by atoms with Crippen LogP contribution in [-0.4, -0.2) is 31.6 Å². The Kier molecular flexibility index (Phi) is 6.59. The number of halogens is 3. The molecule has 0 fully saturated rings. The van der Waals surface area contributed by atoms with Crippen molar-refractivity contribution in [3.05, 3.63) is 65.7 Å². The number of carbonyl (C=O) groups excluding carboxylic acids is 2. The van der Waals surface area contributed by atoms with E-state index in [2.05, 4.69) is 15.4 Å². The zero-order chi connectivity index (χ0) is 19.9. The van der Waals surface area contributed by atoms with Gasteiger partial charge in [0.05, 0.1) is 0 Å². The monoisotopic (exact) mass is 378 g/mol. The van der Waals surface area contributed by atoms with Crippen LogP contribution >= 0.6 is 0 Å². The van der Waals surface area contributed by atoms with E-state index in [-0.39, 0.29) is 11.7 Å². The van der Waals surface area contributed by atoms with Crippen LogP contribution in [0.4, 0.5) is 18.9 Å². The van der Waals surface area contributed by atoms with Gasteiger partial charge in [0.2, 0.25) is 5.91 Å². The van der Waals surface area contributed by atoms with E-state index in [0.717, 1.165) is 5.56 Å². The fourth-order valence-corrected chi connectivity index (χ4v) is 2.05. The minimum absolute atomic E-state index is 0.0528. The minimum Gasteiger partial charge on any atom is -0.484 e. The van der Waals surface area contributed by atoms with Gasteiger partial charge in [0.25, 0.3) is 5.91 Å². The Bertz CT molecular complexity index is 814. The van der Waals surface area contributed by atoms with Gasteiger partial charge in [-0.25, -0.2) is 0 Å². The van der Waals surface area contributed by atoms with Crippen LogP contribution in [0.5, 0.6) is 5.75 Å². The first kappa shape index (κ1) is 20.0. The van der Waals surface area contributed by atoms with Gasteiger partial charge in [-0.2, -0.15) is 13.2 Å². The van der Waals surface area contributed by atoms with Crippen molar-refractivity contribution < 1.29 is 27.5 Å². The molecule has 8 heteroatoms. The second kappa shape index (κ2) is 8.88. The standard InChI is InChI=1S/C19H17F3N2O3/c1-23-18(26)14-5-2-13(3-6-14)4-11-17(25)24-15-7-9-16(10-8-15)27-12-19(20,21)22/h2-11H,12H2,1H3,(H,23,26)(H,24,25)/b11-4+. The summed E-state index contributed by atoms with van der Waals surface area (Å²) in [7, 11) is 1.54. The van der Waals surface area contributed by atoms with Gasteiger partial charge in [-0.3, -0.25) is 9.59 Å². The van der Waals surface area contributed by atoms with Crippen molar-refractivity contribution >= 4 is 23.6 Å². The van der Waals surface area contributed by atoms with E-state index >= 15 is 0 Å². The molecule has 0 aliphatic rings. The van der Waals surface area contributed by atoms with Crippen molar-refractivity contribution in [3.63, 3.8) is 0 Å². The molecule has 2 aromatic rings. The van der Waals surface area contributed by atoms with Gasteiger partial charge < -0.3 is 15.4 Å². The summed E-state index contributed by atoms with van der Waals surface area (Å²) in [5, 5.41) is 5.09. The van der Waals surface area contributed by atoms with Crippen LogP contribution in [0.2, 0.25) is 0 Å². The first-order chi connectivity index (χ1) is 12.8. The lowest BCUT2D eigenvalue weighted by molar-refractivity contribution is -0.153. The number of alkyl halides is 3. The maximum Gasteiger partial charge on any atom is 0.422 e. The lowest BCUT2D eigenvalue weighted by atomic mass is 10.1. The van der Waals surface area contributed by atoms with Crippen LogP contribution in [0.1, 0.15) is 15.9 Å². The second-order valence-electron chi connectivity index (χ2n) is 5.45. The van der Waals surface area contributed by atoms with Crippen LogP contribution in [0, 0.1) is 0 Å². The van der Waals surface area contributed by atoms with Gasteiger partial charge in [0.1, 0.15) is 5.75 Å². The first-order valence-corrected chi connectivity index (χ1v) is 7.87. The van der Waals surface area contributed by atoms with Crippen molar-refractivity contribution in [1.82, 2.24) is 5.32 Å². The Balaban J connectivity index is 1.89. The van der Waals surface area contributed by atoms with Crippen molar-refractivity contribution in [2.24, 2.45) is 0 Å². The number of rotatable bonds is 6. The largest absolute Gasteiger partial charge is 0.484 e. The second-order valence-corrected chi connectivity index (χ2v) is 5.45. The van der Waals surface area contributed by atoms with E-state index in [1.165, 1.54) is 37.4 Å². The van der Waals surface area contributed by atoms with Gasteiger partial charge in [0.15, 0.2) is 6.61 Å². The molecule has 0 atom stereocenters. The molecular formula is C19H17F3N2O3. The molecule has 0 unspecified atom stereocenters. The molecular weight excluding hydrogens is 361 g/mol. The summed E-state index contributed by atoms with van der Waals surface area (Å²) in [6.07, 6.45) is -1.52. The molecule has 0 aromatic heterocycles. The zero-order valence-electron chi connectivity index (χ0n) is 14.3. The third kappa shape index (κ3) is 6.85. The van der Waals surface area contributed by atoms with Crippen LogP contribution in [0.25, 0.3) is 6.08 Å². The Labute approximate surface area is 153 Å². The molecule has 2 N–H and O–H groups in total. The zero-order valence-corrected chi connectivity index (χ0v) is 14.3. The third-order valence-electron chi connectivity index (χ3n) is 3.35. The van der Waals surface area contributed by atoms with E-state index in [4.69, 9.17) is 0 Å². The lowest BCUT2D eigenvalue weighted by Gasteiger charge is -2.09. The van der Waals surface area contributed by atoms with Crippen LogP contribution in [-0.2, 0) is 4.79 Å². The Morgan fingerprint density at radius 2 is 1.67 bits per heavy atom. The summed E-state index contributed by atoms with van der Waals surface area (Å²) >= 11 is 0. The molecule has 0 aliphatic heterocycles. The van der Waals surface area contributed by atoms with Gasteiger partial charge in [-0.05, 0) is 48.0 Å². The van der Waals surface area contributed by atoms with Gasteiger partial charge >= 0.3 is 6.18 Å². The van der Waals surface area contributed by atoms with E-state index < -0.39 is 18.7 Å². The topological polar surface area (TPSA) is 67.4 Å². The Hall–Kier alpha value is -3.29. The maximum atomic E-state index is 12.1. The van der Waals surface area contributed by atoms with Crippen LogP contribution < -0.4 is 15.4 Å². The summed E-state index contributed by atoms with van der Waals surface area (Å²) in [6, 6.07) is 12.2. The number of carbonyl (C=O) groups is 2.